The first-order valence-electron chi connectivity index (χ1n) is 7.12. The Morgan fingerprint density at radius 2 is 1.73 bits per heavy atom. The lowest BCUT2D eigenvalue weighted by molar-refractivity contribution is 0.148. The van der Waals surface area contributed by atoms with E-state index in [1.165, 1.54) is 64.5 Å². The summed E-state index contributed by atoms with van der Waals surface area (Å²) in [4.78, 5) is 0. The molecule has 0 radical (unpaired) electrons. The predicted octanol–water partition coefficient (Wildman–Crippen LogP) is 3.59. The van der Waals surface area contributed by atoms with Gasteiger partial charge < -0.3 is 5.32 Å². The number of hydrogen-bond acceptors (Lipinski definition) is 1. The molecule has 15 heavy (non-hydrogen) atoms. The SMILES string of the molecule is CCC(C1CCCCC1)C1CCCNC1. The van der Waals surface area contributed by atoms with Crippen molar-refractivity contribution in [2.75, 3.05) is 13.1 Å². The van der Waals surface area contributed by atoms with Gasteiger partial charge in [-0.25, -0.2) is 0 Å². The molecule has 1 saturated carbocycles. The second-order valence-corrected chi connectivity index (χ2v) is 5.58. The molecule has 1 N–H and O–H groups in total. The van der Waals surface area contributed by atoms with Crippen LogP contribution >= 0.6 is 0 Å². The molecule has 0 aromatic rings. The Morgan fingerprint density at radius 3 is 2.33 bits per heavy atom. The zero-order valence-corrected chi connectivity index (χ0v) is 10.3. The van der Waals surface area contributed by atoms with Crippen LogP contribution < -0.4 is 5.32 Å². The van der Waals surface area contributed by atoms with Crippen LogP contribution in [0.25, 0.3) is 0 Å². The highest BCUT2D eigenvalue weighted by Gasteiger charge is 2.29. The van der Waals surface area contributed by atoms with Gasteiger partial charge in [0.25, 0.3) is 0 Å². The molecule has 2 aliphatic rings. The van der Waals surface area contributed by atoms with Gasteiger partial charge in [0, 0.05) is 0 Å². The largest absolute Gasteiger partial charge is 0.316 e. The fraction of sp³-hybridized carbons (Fsp3) is 1.00. The third-order valence-electron chi connectivity index (χ3n) is 4.67. The summed E-state index contributed by atoms with van der Waals surface area (Å²) < 4.78 is 0. The average molecular weight is 209 g/mol. The first-order chi connectivity index (χ1) is 7.42. The fourth-order valence-corrected chi connectivity index (χ4v) is 3.86. The molecule has 0 spiro atoms. The molecule has 1 aliphatic heterocycles. The monoisotopic (exact) mass is 209 g/mol. The molecule has 1 nitrogen and oxygen atoms in total. The van der Waals surface area contributed by atoms with E-state index in [1.54, 1.807) is 0 Å². The Kier molecular flexibility index (Phi) is 4.49. The number of nitrogens with one attached hydrogen (secondary N) is 1. The van der Waals surface area contributed by atoms with Crippen molar-refractivity contribution in [3.8, 4) is 0 Å². The standard InChI is InChI=1S/C14H27N/c1-2-14(12-7-4-3-5-8-12)13-9-6-10-15-11-13/h12-15H,2-11H2,1H3. The van der Waals surface area contributed by atoms with E-state index in [2.05, 4.69) is 12.2 Å². The lowest BCUT2D eigenvalue weighted by Gasteiger charge is -2.37. The van der Waals surface area contributed by atoms with Gasteiger partial charge in [-0.3, -0.25) is 0 Å². The van der Waals surface area contributed by atoms with Crippen molar-refractivity contribution >= 4 is 0 Å². The van der Waals surface area contributed by atoms with Crippen molar-refractivity contribution in [2.24, 2.45) is 17.8 Å². The van der Waals surface area contributed by atoms with Crippen LogP contribution in [-0.4, -0.2) is 13.1 Å². The maximum absolute atomic E-state index is 3.59. The molecule has 1 heterocycles. The molecule has 2 rings (SSSR count). The highest BCUT2D eigenvalue weighted by Crippen LogP contribution is 2.37. The fourth-order valence-electron chi connectivity index (χ4n) is 3.86. The third-order valence-corrected chi connectivity index (χ3v) is 4.67. The molecule has 2 fully saturated rings. The van der Waals surface area contributed by atoms with E-state index in [4.69, 9.17) is 0 Å². The van der Waals surface area contributed by atoms with Crippen LogP contribution in [0.15, 0.2) is 0 Å². The van der Waals surface area contributed by atoms with Gasteiger partial charge in [-0.2, -0.15) is 0 Å². The lowest BCUT2D eigenvalue weighted by Crippen LogP contribution is -2.37. The average Bonchev–Trinajstić information content (AvgIpc) is 2.33. The molecule has 2 unspecified atom stereocenters. The van der Waals surface area contributed by atoms with E-state index in [0.29, 0.717) is 0 Å². The first kappa shape index (κ1) is 11.4. The van der Waals surface area contributed by atoms with Gasteiger partial charge in [-0.05, 0) is 43.7 Å². The van der Waals surface area contributed by atoms with Crippen LogP contribution in [0.1, 0.15) is 58.3 Å². The normalized spacial score (nSPS) is 31.4. The van der Waals surface area contributed by atoms with E-state index in [9.17, 15) is 0 Å². The molecule has 0 bridgehead atoms. The maximum atomic E-state index is 3.59. The van der Waals surface area contributed by atoms with Crippen LogP contribution in [0.2, 0.25) is 0 Å². The summed E-state index contributed by atoms with van der Waals surface area (Å²) in [5.41, 5.74) is 0. The van der Waals surface area contributed by atoms with Gasteiger partial charge in [0.15, 0.2) is 0 Å². The summed E-state index contributed by atoms with van der Waals surface area (Å²) in [6.07, 6.45) is 11.9. The van der Waals surface area contributed by atoms with Gasteiger partial charge >= 0.3 is 0 Å². The van der Waals surface area contributed by atoms with Gasteiger partial charge in [-0.1, -0.05) is 45.4 Å². The van der Waals surface area contributed by atoms with E-state index >= 15 is 0 Å². The molecule has 1 heteroatoms. The zero-order valence-electron chi connectivity index (χ0n) is 10.3. The molecule has 1 aliphatic carbocycles. The zero-order chi connectivity index (χ0) is 10.5. The lowest BCUT2D eigenvalue weighted by atomic mass is 9.71. The Labute approximate surface area is 95.0 Å². The van der Waals surface area contributed by atoms with Crippen molar-refractivity contribution in [2.45, 2.75) is 58.3 Å². The summed E-state index contributed by atoms with van der Waals surface area (Å²) in [5, 5.41) is 3.59. The third kappa shape index (κ3) is 2.96. The summed E-state index contributed by atoms with van der Waals surface area (Å²) in [5.74, 6) is 3.08. The topological polar surface area (TPSA) is 12.0 Å². The van der Waals surface area contributed by atoms with E-state index in [0.717, 1.165) is 17.8 Å². The van der Waals surface area contributed by atoms with Crippen molar-refractivity contribution in [3.63, 3.8) is 0 Å². The maximum Gasteiger partial charge on any atom is -0.00178 e. The van der Waals surface area contributed by atoms with Crippen molar-refractivity contribution in [1.82, 2.24) is 5.32 Å². The van der Waals surface area contributed by atoms with Gasteiger partial charge in [-0.15, -0.1) is 0 Å². The van der Waals surface area contributed by atoms with Crippen LogP contribution in [0.5, 0.6) is 0 Å². The van der Waals surface area contributed by atoms with Gasteiger partial charge in [0.1, 0.15) is 0 Å². The van der Waals surface area contributed by atoms with Crippen LogP contribution in [0.4, 0.5) is 0 Å². The molecule has 1 saturated heterocycles. The number of hydrogen-bond donors (Lipinski definition) is 1. The van der Waals surface area contributed by atoms with Crippen LogP contribution in [0.3, 0.4) is 0 Å². The molecular weight excluding hydrogens is 182 g/mol. The highest BCUT2D eigenvalue weighted by molar-refractivity contribution is 4.82. The Bertz CT molecular complexity index is 148. The summed E-state index contributed by atoms with van der Waals surface area (Å²) in [6, 6.07) is 0. The van der Waals surface area contributed by atoms with Crippen molar-refractivity contribution in [1.29, 1.82) is 0 Å². The second kappa shape index (κ2) is 5.89. The van der Waals surface area contributed by atoms with Gasteiger partial charge in [0.2, 0.25) is 0 Å². The van der Waals surface area contributed by atoms with Crippen LogP contribution in [0, 0.1) is 17.8 Å². The molecule has 0 aromatic heterocycles. The quantitative estimate of drug-likeness (QED) is 0.749. The minimum atomic E-state index is 0.992. The minimum Gasteiger partial charge on any atom is -0.316 e. The van der Waals surface area contributed by atoms with E-state index in [-0.39, 0.29) is 0 Å². The summed E-state index contributed by atoms with van der Waals surface area (Å²) in [6.45, 7) is 4.97. The molecule has 0 aromatic carbocycles. The van der Waals surface area contributed by atoms with Crippen molar-refractivity contribution in [3.05, 3.63) is 0 Å². The molecule has 88 valence electrons. The Morgan fingerprint density at radius 1 is 1.00 bits per heavy atom. The van der Waals surface area contributed by atoms with Gasteiger partial charge in [0.05, 0.1) is 0 Å². The Hall–Kier alpha value is -0.0400. The second-order valence-electron chi connectivity index (χ2n) is 5.58. The number of piperidine rings is 1. The summed E-state index contributed by atoms with van der Waals surface area (Å²) >= 11 is 0. The van der Waals surface area contributed by atoms with Crippen LogP contribution in [-0.2, 0) is 0 Å². The Balaban J connectivity index is 1.88. The molecule has 2 atom stereocenters. The molecule has 0 amide bonds. The van der Waals surface area contributed by atoms with Crippen molar-refractivity contribution < 1.29 is 0 Å². The molecular formula is C14H27N. The van der Waals surface area contributed by atoms with E-state index in [1.807, 2.05) is 0 Å². The summed E-state index contributed by atoms with van der Waals surface area (Å²) in [7, 11) is 0. The minimum absolute atomic E-state index is 0.992. The predicted molar refractivity (Wildman–Crippen MR) is 65.9 cm³/mol. The smallest absolute Gasteiger partial charge is 0.00178 e. The number of rotatable bonds is 3. The highest BCUT2D eigenvalue weighted by atomic mass is 14.9. The van der Waals surface area contributed by atoms with E-state index < -0.39 is 0 Å². The first-order valence-corrected chi connectivity index (χ1v) is 7.12.